The van der Waals surface area contributed by atoms with Crippen LogP contribution in [-0.2, 0) is 10.0 Å². The number of halogens is 1. The summed E-state index contributed by atoms with van der Waals surface area (Å²) >= 11 is 0. The molecule has 0 heterocycles. The van der Waals surface area contributed by atoms with Crippen molar-refractivity contribution in [2.24, 2.45) is 16.8 Å². The third kappa shape index (κ3) is 4.69. The molecule has 0 atom stereocenters. The summed E-state index contributed by atoms with van der Waals surface area (Å²) in [4.78, 5) is 0. The molecule has 20 heavy (non-hydrogen) atoms. The van der Waals surface area contributed by atoms with Crippen molar-refractivity contribution in [3.05, 3.63) is 29.6 Å². The molecule has 6 nitrogen and oxygen atoms in total. The van der Waals surface area contributed by atoms with Crippen molar-refractivity contribution in [1.82, 2.24) is 0 Å². The summed E-state index contributed by atoms with van der Waals surface area (Å²) in [5, 5.41) is 11.2. The number of hydrogen-bond donors (Lipinski definition) is 3. The first-order valence-electron chi connectivity index (χ1n) is 6.03. The van der Waals surface area contributed by atoms with E-state index >= 15 is 0 Å². The van der Waals surface area contributed by atoms with Crippen LogP contribution in [0.25, 0.3) is 0 Å². The van der Waals surface area contributed by atoms with Gasteiger partial charge in [0.25, 0.3) is 0 Å². The molecule has 112 valence electrons. The molecule has 4 N–H and O–H groups in total. The number of nitrogens with zero attached hydrogens (tertiary/aromatic N) is 1. The number of nitrogens with one attached hydrogen (secondary N) is 1. The Balaban J connectivity index is 2.94. The minimum Gasteiger partial charge on any atom is -0.409 e. The Morgan fingerprint density at radius 3 is 2.70 bits per heavy atom. The van der Waals surface area contributed by atoms with Gasteiger partial charge in [-0.3, -0.25) is 4.72 Å². The maximum atomic E-state index is 13.4. The van der Waals surface area contributed by atoms with Gasteiger partial charge in [-0.15, -0.1) is 0 Å². The lowest BCUT2D eigenvalue weighted by Crippen LogP contribution is -2.19. The Kier molecular flexibility index (Phi) is 5.32. The Labute approximate surface area is 117 Å². The topological polar surface area (TPSA) is 105 Å². The molecule has 0 unspecified atom stereocenters. The predicted molar refractivity (Wildman–Crippen MR) is 75.8 cm³/mol. The summed E-state index contributed by atoms with van der Waals surface area (Å²) < 4.78 is 39.4. The second-order valence-corrected chi connectivity index (χ2v) is 6.63. The van der Waals surface area contributed by atoms with Gasteiger partial charge in [-0.1, -0.05) is 19.0 Å². The summed E-state index contributed by atoms with van der Waals surface area (Å²) in [7, 11) is -3.51. The van der Waals surface area contributed by atoms with Crippen molar-refractivity contribution in [3.8, 4) is 0 Å². The molecule has 1 rings (SSSR count). The molecule has 0 aliphatic carbocycles. The smallest absolute Gasteiger partial charge is 0.232 e. The Bertz CT molecular complexity index is 600. The maximum Gasteiger partial charge on any atom is 0.232 e. The summed E-state index contributed by atoms with van der Waals surface area (Å²) in [5.74, 6) is -0.898. The number of benzene rings is 1. The van der Waals surface area contributed by atoms with Crippen LogP contribution in [0.1, 0.15) is 25.8 Å². The fourth-order valence-corrected chi connectivity index (χ4v) is 2.83. The van der Waals surface area contributed by atoms with Crippen molar-refractivity contribution in [2.75, 3.05) is 10.5 Å². The molecule has 0 saturated carbocycles. The zero-order valence-electron chi connectivity index (χ0n) is 11.3. The van der Waals surface area contributed by atoms with Crippen LogP contribution in [0, 0.1) is 11.7 Å². The van der Waals surface area contributed by atoms with Crippen LogP contribution < -0.4 is 10.5 Å². The van der Waals surface area contributed by atoms with Crippen LogP contribution in [0.3, 0.4) is 0 Å². The second-order valence-electron chi connectivity index (χ2n) is 4.78. The molecular formula is C12H18FN3O3S. The lowest BCUT2D eigenvalue weighted by atomic mass is 10.2. The number of hydrogen-bond acceptors (Lipinski definition) is 4. The average molecular weight is 303 g/mol. The molecule has 0 fully saturated rings. The largest absolute Gasteiger partial charge is 0.409 e. The molecule has 0 aliphatic heterocycles. The Morgan fingerprint density at radius 2 is 2.15 bits per heavy atom. The lowest BCUT2D eigenvalue weighted by Gasteiger charge is -2.10. The zero-order valence-corrected chi connectivity index (χ0v) is 12.1. The highest BCUT2D eigenvalue weighted by Gasteiger charge is 2.14. The molecule has 0 amide bonds. The molecule has 8 heteroatoms. The standard InChI is InChI=1S/C12H18FN3O3S/c1-8(2)5-6-20(18,19)16-9-3-4-11(13)10(7-9)12(14)15-17/h3-4,7-8,16-17H,5-6H2,1-2H3,(H2,14,15). The van der Waals surface area contributed by atoms with Crippen molar-refractivity contribution >= 4 is 21.5 Å². The van der Waals surface area contributed by atoms with E-state index in [-0.39, 0.29) is 22.9 Å². The third-order valence-electron chi connectivity index (χ3n) is 2.59. The minimum absolute atomic E-state index is 0.0268. The van der Waals surface area contributed by atoms with E-state index in [1.54, 1.807) is 0 Å². The molecule has 0 bridgehead atoms. The Hall–Kier alpha value is -1.83. The summed E-state index contributed by atoms with van der Waals surface area (Å²) in [6.45, 7) is 3.84. The third-order valence-corrected chi connectivity index (χ3v) is 3.91. The van der Waals surface area contributed by atoms with Crippen LogP contribution in [0.4, 0.5) is 10.1 Å². The quantitative estimate of drug-likeness (QED) is 0.322. The van der Waals surface area contributed by atoms with Gasteiger partial charge >= 0.3 is 0 Å². The average Bonchev–Trinajstić information content (AvgIpc) is 2.37. The van der Waals surface area contributed by atoms with E-state index in [0.717, 1.165) is 6.07 Å². The summed E-state index contributed by atoms with van der Waals surface area (Å²) in [6, 6.07) is 3.50. The number of amidine groups is 1. The molecular weight excluding hydrogens is 285 g/mol. The first-order chi connectivity index (χ1) is 9.25. The highest BCUT2D eigenvalue weighted by Crippen LogP contribution is 2.16. The SMILES string of the molecule is CC(C)CCS(=O)(=O)Nc1ccc(F)c(C(N)=NO)c1. The van der Waals surface area contributed by atoms with Crippen LogP contribution in [0.15, 0.2) is 23.4 Å². The fourth-order valence-electron chi connectivity index (χ4n) is 1.46. The van der Waals surface area contributed by atoms with Gasteiger partial charge in [0.05, 0.1) is 11.3 Å². The summed E-state index contributed by atoms with van der Waals surface area (Å²) in [5.41, 5.74) is 5.30. The number of nitrogens with two attached hydrogens (primary N) is 1. The van der Waals surface area contributed by atoms with E-state index in [1.807, 2.05) is 13.8 Å². The van der Waals surface area contributed by atoms with Gasteiger partial charge in [0.2, 0.25) is 10.0 Å². The van der Waals surface area contributed by atoms with Crippen molar-refractivity contribution in [3.63, 3.8) is 0 Å². The van der Waals surface area contributed by atoms with Gasteiger partial charge in [0.1, 0.15) is 5.82 Å². The minimum atomic E-state index is -3.51. The fraction of sp³-hybridized carbons (Fsp3) is 0.417. The highest BCUT2D eigenvalue weighted by molar-refractivity contribution is 7.92. The molecule has 0 aromatic heterocycles. The first kappa shape index (κ1) is 16.2. The molecule has 0 spiro atoms. The van der Waals surface area contributed by atoms with Crippen LogP contribution in [-0.4, -0.2) is 25.2 Å². The zero-order chi connectivity index (χ0) is 15.3. The molecule has 0 saturated heterocycles. The second kappa shape index (κ2) is 6.56. The number of sulfonamides is 1. The first-order valence-corrected chi connectivity index (χ1v) is 7.68. The monoisotopic (exact) mass is 303 g/mol. The number of rotatable bonds is 6. The van der Waals surface area contributed by atoms with Gasteiger partial charge < -0.3 is 10.9 Å². The molecule has 1 aromatic rings. The van der Waals surface area contributed by atoms with Crippen LogP contribution >= 0.6 is 0 Å². The van der Waals surface area contributed by atoms with Crippen molar-refractivity contribution in [1.29, 1.82) is 0 Å². The normalized spacial score (nSPS) is 12.7. The van der Waals surface area contributed by atoms with E-state index < -0.39 is 21.7 Å². The molecule has 0 radical (unpaired) electrons. The van der Waals surface area contributed by atoms with E-state index in [0.29, 0.717) is 6.42 Å². The van der Waals surface area contributed by atoms with Crippen molar-refractivity contribution in [2.45, 2.75) is 20.3 Å². The molecule has 0 aliphatic rings. The Morgan fingerprint density at radius 1 is 1.50 bits per heavy atom. The maximum absolute atomic E-state index is 13.4. The molecule has 1 aromatic carbocycles. The van der Waals surface area contributed by atoms with E-state index in [2.05, 4.69) is 9.88 Å². The van der Waals surface area contributed by atoms with Gasteiger partial charge in [-0.2, -0.15) is 0 Å². The van der Waals surface area contributed by atoms with E-state index in [1.165, 1.54) is 12.1 Å². The highest BCUT2D eigenvalue weighted by atomic mass is 32.2. The number of oxime groups is 1. The summed E-state index contributed by atoms with van der Waals surface area (Å²) in [6.07, 6.45) is 0.517. The van der Waals surface area contributed by atoms with Gasteiger partial charge in [-0.05, 0) is 30.5 Å². The van der Waals surface area contributed by atoms with Crippen LogP contribution in [0.2, 0.25) is 0 Å². The number of anilines is 1. The predicted octanol–water partition coefficient (Wildman–Crippen LogP) is 1.71. The lowest BCUT2D eigenvalue weighted by molar-refractivity contribution is 0.318. The van der Waals surface area contributed by atoms with E-state index in [9.17, 15) is 12.8 Å². The van der Waals surface area contributed by atoms with Gasteiger partial charge in [0.15, 0.2) is 5.84 Å². The van der Waals surface area contributed by atoms with E-state index in [4.69, 9.17) is 10.9 Å². The van der Waals surface area contributed by atoms with Crippen LogP contribution in [0.5, 0.6) is 0 Å². The van der Waals surface area contributed by atoms with Gasteiger partial charge in [-0.25, -0.2) is 12.8 Å². The van der Waals surface area contributed by atoms with Crippen molar-refractivity contribution < 1.29 is 18.0 Å². The van der Waals surface area contributed by atoms with Gasteiger partial charge in [0, 0.05) is 5.69 Å².